The number of rotatable bonds is 14. The molecule has 7 N–H and O–H groups in total. The predicted molar refractivity (Wildman–Crippen MR) is 206 cm³/mol. The van der Waals surface area contributed by atoms with E-state index in [1.54, 1.807) is 0 Å². The van der Waals surface area contributed by atoms with Gasteiger partial charge in [-0.2, -0.15) is 0 Å². The number of ether oxygens (including phenoxy) is 1. The van der Waals surface area contributed by atoms with E-state index in [1.807, 2.05) is 39.1 Å². The normalized spacial score (nSPS) is 32.7. The highest BCUT2D eigenvalue weighted by atomic mass is 16.6. The molecule has 2 saturated carbocycles. The first kappa shape index (κ1) is 42.0. The third-order valence-electron chi connectivity index (χ3n) is 12.2. The average molecular weight is 721 g/mol. The van der Waals surface area contributed by atoms with Gasteiger partial charge in [-0.3, -0.25) is 10.1 Å². The molecule has 4 rings (SSSR count). The molecule has 0 radical (unpaired) electrons. The molecule has 1 unspecified atom stereocenters. The number of carbonyl (C=O) groups excluding carboxylic acids is 1. The van der Waals surface area contributed by atoms with Gasteiger partial charge >= 0.3 is 0 Å². The van der Waals surface area contributed by atoms with Crippen molar-refractivity contribution in [2.24, 2.45) is 23.2 Å². The molecule has 2 bridgehead atoms. The van der Waals surface area contributed by atoms with Gasteiger partial charge in [0.1, 0.15) is 19.3 Å². The molecule has 1 heterocycles. The average Bonchev–Trinajstić information content (AvgIpc) is 3.47. The molecule has 1 aromatic carbocycles. The van der Waals surface area contributed by atoms with Crippen LogP contribution in [0.3, 0.4) is 0 Å². The van der Waals surface area contributed by atoms with Gasteiger partial charge < -0.3 is 35.6 Å². The van der Waals surface area contributed by atoms with Crippen LogP contribution in [0.5, 0.6) is 0 Å². The number of hydrogen-bond donors (Lipinski definition) is 7. The number of hydrogen-bond acceptors (Lipinski definition) is 9. The highest BCUT2D eigenvalue weighted by Crippen LogP contribution is 2.64. The Morgan fingerprint density at radius 1 is 1.17 bits per heavy atom. The molecule has 1 aromatic rings. The fraction of sp³-hybridized carbons (Fsp3) is 0.605. The molecule has 0 aromatic heterocycles. The monoisotopic (exact) mass is 720 g/mol. The number of nitrogens with one attached hydrogen (secondary N) is 2. The maximum absolute atomic E-state index is 12.5. The molecular weight excluding hydrogens is 656 g/mol. The lowest BCUT2D eigenvalue weighted by Crippen LogP contribution is -2.61. The van der Waals surface area contributed by atoms with Gasteiger partial charge in [0, 0.05) is 24.0 Å². The van der Waals surface area contributed by atoms with Crippen molar-refractivity contribution >= 4 is 6.29 Å². The number of aldehydes is 1. The Bertz CT molecular complexity index is 1480. The van der Waals surface area contributed by atoms with Crippen LogP contribution >= 0.6 is 0 Å². The molecule has 288 valence electrons. The Morgan fingerprint density at radius 2 is 1.92 bits per heavy atom. The number of allylic oxidation sites excluding steroid dienone is 7. The van der Waals surface area contributed by atoms with Crippen LogP contribution < -0.4 is 10.6 Å². The third kappa shape index (κ3) is 9.68. The van der Waals surface area contributed by atoms with Gasteiger partial charge in [-0.15, -0.1) is 0 Å². The van der Waals surface area contributed by atoms with Crippen LogP contribution in [-0.4, -0.2) is 89.4 Å². The van der Waals surface area contributed by atoms with Crippen molar-refractivity contribution in [1.82, 2.24) is 10.6 Å². The second-order valence-corrected chi connectivity index (χ2v) is 15.5. The predicted octanol–water partition coefficient (Wildman–Crippen LogP) is 4.84. The Kier molecular flexibility index (Phi) is 15.8. The van der Waals surface area contributed by atoms with Crippen LogP contribution in [0.2, 0.25) is 0 Å². The lowest BCUT2D eigenvalue weighted by molar-refractivity contribution is -0.180. The van der Waals surface area contributed by atoms with Gasteiger partial charge in [0.2, 0.25) is 0 Å². The van der Waals surface area contributed by atoms with Gasteiger partial charge in [-0.05, 0) is 138 Å². The smallest absolute Gasteiger partial charge is 0.145 e. The molecule has 2 fully saturated rings. The van der Waals surface area contributed by atoms with Gasteiger partial charge in [-0.1, -0.05) is 66.3 Å². The molecule has 0 saturated heterocycles. The highest BCUT2D eigenvalue weighted by molar-refractivity contribution is 5.74. The molecule has 9 nitrogen and oxygen atoms in total. The van der Waals surface area contributed by atoms with E-state index in [4.69, 9.17) is 4.74 Å². The number of aliphatic hydroxyl groups is 5. The van der Waals surface area contributed by atoms with E-state index in [1.165, 1.54) is 11.1 Å². The number of carbonyl (C=O) groups is 1. The molecule has 52 heavy (non-hydrogen) atoms. The second kappa shape index (κ2) is 19.6. The Balaban J connectivity index is 1.67. The summed E-state index contributed by atoms with van der Waals surface area (Å²) in [6.45, 7) is 10.5. The Labute approximate surface area is 311 Å². The first-order valence-corrected chi connectivity index (χ1v) is 19.2. The van der Waals surface area contributed by atoms with E-state index in [0.717, 1.165) is 41.4 Å². The lowest BCUT2D eigenvalue weighted by Gasteiger charge is -2.57. The van der Waals surface area contributed by atoms with Gasteiger partial charge in [0.25, 0.3) is 0 Å². The summed E-state index contributed by atoms with van der Waals surface area (Å²) in [6, 6.07) is 8.72. The first-order valence-electron chi connectivity index (χ1n) is 19.2. The number of benzene rings is 1. The molecular formula is C43H64N2O7. The fourth-order valence-corrected chi connectivity index (χ4v) is 9.34. The lowest BCUT2D eigenvalue weighted by atomic mass is 9.51. The zero-order valence-electron chi connectivity index (χ0n) is 31.8. The van der Waals surface area contributed by atoms with Crippen molar-refractivity contribution in [3.05, 3.63) is 94.1 Å². The maximum atomic E-state index is 12.5. The Hall–Kier alpha value is -2.73. The van der Waals surface area contributed by atoms with E-state index >= 15 is 0 Å². The summed E-state index contributed by atoms with van der Waals surface area (Å²) in [5, 5.41) is 61.8. The number of fused-ring (bicyclic) bond motifs is 2. The van der Waals surface area contributed by atoms with E-state index in [2.05, 4.69) is 54.5 Å². The standard InChI is InChI=1S/C43H64N2O7/c1-29(35-15-14-30(2)41(50)45-32(4)23-33-10-7-11-34(24-33)25-35)9-6-12-36(27-52-28-48)38-17-19-43(40(38)49)39(13-8-22-46)37(31(3)26-47)16-18-42(43,51)20-21-44-5/h6-7,9-12,14,24,26,32,35,38-41,44-46,48-51H,1,8,13,15-23,25,27-28H2,2-5H3/t32-,35+,38-,39?,40-,41-,42+,43-/m1/s1. The van der Waals surface area contributed by atoms with Gasteiger partial charge in [-0.25, -0.2) is 0 Å². The van der Waals surface area contributed by atoms with Gasteiger partial charge in [0.05, 0.1) is 18.3 Å². The molecule has 8 atom stereocenters. The van der Waals surface area contributed by atoms with Crippen molar-refractivity contribution in [2.75, 3.05) is 33.6 Å². The van der Waals surface area contributed by atoms with Crippen molar-refractivity contribution in [2.45, 2.75) is 109 Å². The summed E-state index contributed by atoms with van der Waals surface area (Å²) in [6.07, 6.45) is 13.1. The second-order valence-electron chi connectivity index (χ2n) is 15.5. The van der Waals surface area contributed by atoms with E-state index < -0.39 is 30.1 Å². The Morgan fingerprint density at radius 3 is 2.62 bits per heavy atom. The third-order valence-corrected chi connectivity index (χ3v) is 12.2. The van der Waals surface area contributed by atoms with E-state index in [-0.39, 0.29) is 37.0 Å². The largest absolute Gasteiger partial charge is 0.396 e. The highest BCUT2D eigenvalue weighted by Gasteiger charge is 2.65. The van der Waals surface area contributed by atoms with E-state index in [0.29, 0.717) is 63.5 Å². The van der Waals surface area contributed by atoms with Crippen molar-refractivity contribution < 1.29 is 35.1 Å². The minimum Gasteiger partial charge on any atom is -0.396 e. The zero-order valence-corrected chi connectivity index (χ0v) is 31.8. The minimum atomic E-state index is -1.19. The maximum Gasteiger partial charge on any atom is 0.145 e. The molecule has 1 aliphatic heterocycles. The molecule has 1 spiro atoms. The first-order chi connectivity index (χ1) is 24.9. The van der Waals surface area contributed by atoms with Crippen LogP contribution in [0.15, 0.2) is 83.0 Å². The molecule has 2 aliphatic carbocycles. The summed E-state index contributed by atoms with van der Waals surface area (Å²) < 4.78 is 5.54. The minimum absolute atomic E-state index is 0.0168. The molecule has 0 amide bonds. The summed E-state index contributed by atoms with van der Waals surface area (Å²) in [7, 11) is 1.85. The summed E-state index contributed by atoms with van der Waals surface area (Å²) in [4.78, 5) is 12.1. The summed E-state index contributed by atoms with van der Waals surface area (Å²) >= 11 is 0. The van der Waals surface area contributed by atoms with Crippen LogP contribution in [0.4, 0.5) is 0 Å². The van der Waals surface area contributed by atoms with Crippen molar-refractivity contribution in [3.63, 3.8) is 0 Å². The van der Waals surface area contributed by atoms with Crippen molar-refractivity contribution in [3.8, 4) is 0 Å². The fourth-order valence-electron chi connectivity index (χ4n) is 9.34. The topological polar surface area (TPSA) is 152 Å². The zero-order chi connectivity index (χ0) is 37.9. The van der Waals surface area contributed by atoms with Gasteiger partial charge in [0.15, 0.2) is 0 Å². The van der Waals surface area contributed by atoms with Crippen LogP contribution in [-0.2, 0) is 22.4 Å². The SMILES string of the molecule is C=C(C=CC=C(COCO)[C@H]1CC[C@@]2(C(CCCO)C(=C(C)C=O)CC[C@]2(O)CCNC)[C@@H]1O)[C@H]1CC=C(C)[C@@H](O)N[C@H](C)Cc2cccc(c2)C1. The summed E-state index contributed by atoms with van der Waals surface area (Å²) in [5.41, 5.74) is 4.55. The van der Waals surface area contributed by atoms with Crippen LogP contribution in [0, 0.1) is 23.2 Å². The molecule has 3 aliphatic rings. The molecule has 9 heteroatoms. The summed E-state index contributed by atoms with van der Waals surface area (Å²) in [5.74, 6) is -0.549. The van der Waals surface area contributed by atoms with Crippen LogP contribution in [0.1, 0.15) is 83.3 Å². The van der Waals surface area contributed by atoms with E-state index in [9.17, 15) is 30.3 Å². The quantitative estimate of drug-likeness (QED) is 0.0471. The number of aliphatic hydroxyl groups excluding tert-OH is 4. The van der Waals surface area contributed by atoms with Crippen molar-refractivity contribution in [1.29, 1.82) is 0 Å². The van der Waals surface area contributed by atoms with Crippen LogP contribution in [0.25, 0.3) is 0 Å².